The predicted molar refractivity (Wildman–Crippen MR) is 119 cm³/mol. The van der Waals surface area contributed by atoms with Crippen molar-refractivity contribution in [2.45, 2.75) is 18.4 Å². The first-order chi connectivity index (χ1) is 14.9. The van der Waals surface area contributed by atoms with E-state index in [9.17, 15) is 13.2 Å². The molecule has 2 N–H and O–H groups in total. The van der Waals surface area contributed by atoms with Crippen molar-refractivity contribution in [1.82, 2.24) is 4.72 Å². The lowest BCUT2D eigenvalue weighted by Gasteiger charge is -2.12. The highest BCUT2D eigenvalue weighted by atomic mass is 32.2. The number of aryl methyl sites for hydroxylation is 1. The van der Waals surface area contributed by atoms with E-state index in [1.54, 1.807) is 12.1 Å². The van der Waals surface area contributed by atoms with Gasteiger partial charge in [-0.3, -0.25) is 4.79 Å². The van der Waals surface area contributed by atoms with Crippen LogP contribution in [0, 0.1) is 6.92 Å². The fourth-order valence-electron chi connectivity index (χ4n) is 2.83. The molecule has 31 heavy (non-hydrogen) atoms. The van der Waals surface area contributed by atoms with Crippen LogP contribution in [-0.4, -0.2) is 28.0 Å². The van der Waals surface area contributed by atoms with Gasteiger partial charge in [0.15, 0.2) is 6.61 Å². The Morgan fingerprint density at radius 2 is 1.68 bits per heavy atom. The summed E-state index contributed by atoms with van der Waals surface area (Å²) in [5.74, 6) is 0.579. The lowest BCUT2D eigenvalue weighted by molar-refractivity contribution is -0.118. The Balaban J connectivity index is 1.55. The van der Waals surface area contributed by atoms with E-state index >= 15 is 0 Å². The normalized spacial score (nSPS) is 11.0. The number of hydrogen-bond donors (Lipinski definition) is 2. The van der Waals surface area contributed by atoms with Crippen LogP contribution < -0.4 is 19.5 Å². The van der Waals surface area contributed by atoms with Crippen molar-refractivity contribution in [3.05, 3.63) is 83.9 Å². The van der Waals surface area contributed by atoms with Gasteiger partial charge in [0.25, 0.3) is 5.91 Å². The third kappa shape index (κ3) is 6.31. The molecule has 0 fully saturated rings. The molecule has 3 rings (SSSR count). The molecule has 0 aliphatic rings. The van der Waals surface area contributed by atoms with E-state index < -0.39 is 10.0 Å². The standard InChI is InChI=1S/C23H24N2O5S/c1-17-8-13-22(29-2)21(14-17)25-23(26)16-30-19-9-11-20(12-10-19)31(27,28)24-15-18-6-4-3-5-7-18/h3-14,24H,15-16H2,1-2H3,(H,25,26). The zero-order valence-electron chi connectivity index (χ0n) is 17.3. The molecular weight excluding hydrogens is 416 g/mol. The lowest BCUT2D eigenvalue weighted by Crippen LogP contribution is -2.23. The minimum absolute atomic E-state index is 0.115. The fourth-order valence-corrected chi connectivity index (χ4v) is 3.84. The minimum Gasteiger partial charge on any atom is -0.495 e. The minimum atomic E-state index is -3.66. The molecule has 0 aliphatic carbocycles. The Bertz CT molecular complexity index is 1130. The van der Waals surface area contributed by atoms with Crippen molar-refractivity contribution in [3.8, 4) is 11.5 Å². The van der Waals surface area contributed by atoms with Gasteiger partial charge in [0.1, 0.15) is 11.5 Å². The maximum absolute atomic E-state index is 12.4. The van der Waals surface area contributed by atoms with Crippen LogP contribution in [0.2, 0.25) is 0 Å². The number of nitrogens with one attached hydrogen (secondary N) is 2. The van der Waals surface area contributed by atoms with Gasteiger partial charge >= 0.3 is 0 Å². The fraction of sp³-hybridized carbons (Fsp3) is 0.174. The summed E-state index contributed by atoms with van der Waals surface area (Å²) in [7, 11) is -2.13. The molecule has 0 aromatic heterocycles. The summed E-state index contributed by atoms with van der Waals surface area (Å²) in [5.41, 5.74) is 2.40. The average molecular weight is 441 g/mol. The largest absolute Gasteiger partial charge is 0.495 e. The van der Waals surface area contributed by atoms with Crippen LogP contribution in [0.25, 0.3) is 0 Å². The van der Waals surface area contributed by atoms with Crippen molar-refractivity contribution in [1.29, 1.82) is 0 Å². The Hall–Kier alpha value is -3.36. The van der Waals surface area contributed by atoms with Crippen LogP contribution in [0.5, 0.6) is 11.5 Å². The van der Waals surface area contributed by atoms with E-state index in [0.717, 1.165) is 11.1 Å². The van der Waals surface area contributed by atoms with Crippen LogP contribution in [0.15, 0.2) is 77.7 Å². The maximum atomic E-state index is 12.4. The zero-order chi connectivity index (χ0) is 22.3. The van der Waals surface area contributed by atoms with E-state index in [2.05, 4.69) is 10.0 Å². The highest BCUT2D eigenvalue weighted by molar-refractivity contribution is 7.89. The first-order valence-corrected chi connectivity index (χ1v) is 11.1. The second-order valence-electron chi connectivity index (χ2n) is 6.82. The van der Waals surface area contributed by atoms with Gasteiger partial charge in [-0.25, -0.2) is 13.1 Å². The topological polar surface area (TPSA) is 93.7 Å². The molecule has 162 valence electrons. The van der Waals surface area contributed by atoms with Gasteiger partial charge in [-0.2, -0.15) is 0 Å². The Morgan fingerprint density at radius 1 is 0.968 bits per heavy atom. The molecule has 0 heterocycles. The SMILES string of the molecule is COc1ccc(C)cc1NC(=O)COc1ccc(S(=O)(=O)NCc2ccccc2)cc1. The summed E-state index contributed by atoms with van der Waals surface area (Å²) in [6.45, 7) is 1.88. The number of anilines is 1. The quantitative estimate of drug-likeness (QED) is 0.531. The number of methoxy groups -OCH3 is 1. The van der Waals surface area contributed by atoms with Gasteiger partial charge in [0.2, 0.25) is 10.0 Å². The third-order valence-electron chi connectivity index (χ3n) is 4.44. The number of hydrogen-bond acceptors (Lipinski definition) is 5. The van der Waals surface area contributed by atoms with Crippen molar-refractivity contribution in [3.63, 3.8) is 0 Å². The Kier molecular flexibility index (Phi) is 7.28. The van der Waals surface area contributed by atoms with E-state index in [1.807, 2.05) is 43.3 Å². The summed E-state index contributed by atoms with van der Waals surface area (Å²) in [4.78, 5) is 12.3. The number of benzene rings is 3. The summed E-state index contributed by atoms with van der Waals surface area (Å²) in [6, 6.07) is 20.6. The van der Waals surface area contributed by atoms with Gasteiger partial charge in [0.05, 0.1) is 17.7 Å². The Morgan fingerprint density at radius 3 is 2.35 bits per heavy atom. The van der Waals surface area contributed by atoms with E-state index in [4.69, 9.17) is 9.47 Å². The number of carbonyl (C=O) groups is 1. The molecule has 1 amide bonds. The molecule has 0 spiro atoms. The first-order valence-electron chi connectivity index (χ1n) is 9.58. The monoisotopic (exact) mass is 440 g/mol. The van der Waals surface area contributed by atoms with Crippen molar-refractivity contribution in [2.75, 3.05) is 19.0 Å². The van der Waals surface area contributed by atoms with Crippen LogP contribution in [0.4, 0.5) is 5.69 Å². The van der Waals surface area contributed by atoms with Gasteiger partial charge in [-0.05, 0) is 54.4 Å². The first kappa shape index (κ1) is 22.3. The second kappa shape index (κ2) is 10.1. The average Bonchev–Trinajstić information content (AvgIpc) is 2.77. The molecule has 3 aromatic rings. The molecule has 7 nitrogen and oxygen atoms in total. The van der Waals surface area contributed by atoms with Crippen LogP contribution in [-0.2, 0) is 21.4 Å². The maximum Gasteiger partial charge on any atom is 0.262 e. The molecule has 0 saturated heterocycles. The second-order valence-corrected chi connectivity index (χ2v) is 8.59. The molecule has 0 saturated carbocycles. The number of rotatable bonds is 9. The molecule has 0 bridgehead atoms. The molecule has 3 aromatic carbocycles. The summed E-state index contributed by atoms with van der Waals surface area (Å²) >= 11 is 0. The van der Waals surface area contributed by atoms with Gasteiger partial charge in [-0.15, -0.1) is 0 Å². The highest BCUT2D eigenvalue weighted by Gasteiger charge is 2.14. The van der Waals surface area contributed by atoms with Gasteiger partial charge in [0, 0.05) is 6.54 Å². The molecule has 0 aliphatic heterocycles. The Labute approximate surface area is 182 Å². The van der Waals surface area contributed by atoms with Crippen LogP contribution in [0.1, 0.15) is 11.1 Å². The van der Waals surface area contributed by atoms with Crippen LogP contribution in [0.3, 0.4) is 0 Å². The molecule has 0 unspecified atom stereocenters. The molecule has 0 radical (unpaired) electrons. The third-order valence-corrected chi connectivity index (χ3v) is 5.86. The summed E-state index contributed by atoms with van der Waals surface area (Å²) in [6.07, 6.45) is 0. The highest BCUT2D eigenvalue weighted by Crippen LogP contribution is 2.25. The number of sulfonamides is 1. The molecular formula is C23H24N2O5S. The smallest absolute Gasteiger partial charge is 0.262 e. The summed E-state index contributed by atoms with van der Waals surface area (Å²) < 4.78 is 38.2. The van der Waals surface area contributed by atoms with Crippen LogP contribution >= 0.6 is 0 Å². The van der Waals surface area contributed by atoms with E-state index in [1.165, 1.54) is 31.4 Å². The van der Waals surface area contributed by atoms with Gasteiger partial charge < -0.3 is 14.8 Å². The predicted octanol–water partition coefficient (Wildman–Crippen LogP) is 3.50. The van der Waals surface area contributed by atoms with E-state index in [-0.39, 0.29) is 24.0 Å². The van der Waals surface area contributed by atoms with Crippen molar-refractivity contribution in [2.24, 2.45) is 0 Å². The number of carbonyl (C=O) groups excluding carboxylic acids is 1. The lowest BCUT2D eigenvalue weighted by atomic mass is 10.2. The van der Waals surface area contributed by atoms with Gasteiger partial charge in [-0.1, -0.05) is 36.4 Å². The van der Waals surface area contributed by atoms with E-state index in [0.29, 0.717) is 17.2 Å². The molecule has 0 atom stereocenters. The molecule has 8 heteroatoms. The number of ether oxygens (including phenoxy) is 2. The summed E-state index contributed by atoms with van der Waals surface area (Å²) in [5, 5.41) is 2.75. The van der Waals surface area contributed by atoms with Crippen molar-refractivity contribution >= 4 is 21.6 Å². The zero-order valence-corrected chi connectivity index (χ0v) is 18.1. The number of amides is 1. The van der Waals surface area contributed by atoms with Crippen molar-refractivity contribution < 1.29 is 22.7 Å².